The Morgan fingerprint density at radius 2 is 1.76 bits per heavy atom. The van der Waals surface area contributed by atoms with Crippen molar-refractivity contribution in [3.8, 4) is 17.0 Å². The third-order valence-corrected chi connectivity index (χ3v) is 3.72. The number of nitrogens with one attached hydrogen (secondary N) is 1. The van der Waals surface area contributed by atoms with Gasteiger partial charge in [0.1, 0.15) is 5.75 Å². The molecule has 0 fully saturated rings. The van der Waals surface area contributed by atoms with Gasteiger partial charge < -0.3 is 14.3 Å². The minimum absolute atomic E-state index is 0.727. The fourth-order valence-corrected chi connectivity index (χ4v) is 2.47. The van der Waals surface area contributed by atoms with Crippen molar-refractivity contribution in [2.24, 2.45) is 0 Å². The number of ether oxygens (including phenoxy) is 1. The first-order valence-corrected chi connectivity index (χ1v) is 7.15. The summed E-state index contributed by atoms with van der Waals surface area (Å²) < 4.78 is 7.94. The summed E-state index contributed by atoms with van der Waals surface area (Å²) in [4.78, 5) is 3.26. The standard InChI is InChI=1S/C17H16N2OS/c1-20-15-9-7-13(8-10-15)11-19-12-16(18-17(19)21)14-5-3-2-4-6-14/h2-10,12H,11H2,1H3,(H,18,21). The van der Waals surface area contributed by atoms with E-state index in [4.69, 9.17) is 17.0 Å². The molecule has 21 heavy (non-hydrogen) atoms. The highest BCUT2D eigenvalue weighted by molar-refractivity contribution is 7.71. The molecule has 4 heteroatoms. The van der Waals surface area contributed by atoms with Crippen molar-refractivity contribution in [2.75, 3.05) is 7.11 Å². The van der Waals surface area contributed by atoms with Crippen LogP contribution >= 0.6 is 12.2 Å². The molecule has 3 aromatic rings. The molecule has 2 aromatic carbocycles. The lowest BCUT2D eigenvalue weighted by Crippen LogP contribution is -1.98. The highest BCUT2D eigenvalue weighted by Gasteiger charge is 2.03. The van der Waals surface area contributed by atoms with E-state index in [1.165, 1.54) is 5.56 Å². The Balaban J connectivity index is 1.86. The van der Waals surface area contributed by atoms with Crippen molar-refractivity contribution in [2.45, 2.75) is 6.54 Å². The Kier molecular flexibility index (Phi) is 3.88. The predicted molar refractivity (Wildman–Crippen MR) is 87.1 cm³/mol. The van der Waals surface area contributed by atoms with Gasteiger partial charge in [-0.1, -0.05) is 42.5 Å². The molecule has 1 N–H and O–H groups in total. The van der Waals surface area contributed by atoms with Crippen LogP contribution in [0.25, 0.3) is 11.3 Å². The maximum Gasteiger partial charge on any atom is 0.177 e. The number of hydrogen-bond acceptors (Lipinski definition) is 2. The van der Waals surface area contributed by atoms with E-state index in [0.717, 1.165) is 28.3 Å². The molecule has 106 valence electrons. The van der Waals surface area contributed by atoms with E-state index in [2.05, 4.69) is 35.4 Å². The number of hydrogen-bond donors (Lipinski definition) is 1. The van der Waals surface area contributed by atoms with Crippen molar-refractivity contribution in [3.05, 3.63) is 71.1 Å². The topological polar surface area (TPSA) is 29.9 Å². The van der Waals surface area contributed by atoms with Gasteiger partial charge in [-0.05, 0) is 35.5 Å². The molecule has 0 aliphatic rings. The van der Waals surface area contributed by atoms with Gasteiger partial charge >= 0.3 is 0 Å². The van der Waals surface area contributed by atoms with E-state index in [-0.39, 0.29) is 0 Å². The second-order valence-electron chi connectivity index (χ2n) is 4.81. The number of methoxy groups -OCH3 is 1. The average Bonchev–Trinajstić information content (AvgIpc) is 2.90. The Labute approximate surface area is 128 Å². The summed E-state index contributed by atoms with van der Waals surface area (Å²) in [6.45, 7) is 0.742. The number of benzene rings is 2. The normalized spacial score (nSPS) is 10.5. The monoisotopic (exact) mass is 296 g/mol. The summed E-state index contributed by atoms with van der Waals surface area (Å²) in [5, 5.41) is 0. The lowest BCUT2D eigenvalue weighted by molar-refractivity contribution is 0.414. The molecule has 0 bridgehead atoms. The summed E-state index contributed by atoms with van der Waals surface area (Å²) >= 11 is 5.40. The van der Waals surface area contributed by atoms with Crippen LogP contribution in [-0.4, -0.2) is 16.7 Å². The first kappa shape index (κ1) is 13.6. The van der Waals surface area contributed by atoms with Crippen LogP contribution in [0.2, 0.25) is 0 Å². The number of H-pyrrole nitrogens is 1. The largest absolute Gasteiger partial charge is 0.497 e. The van der Waals surface area contributed by atoms with Crippen LogP contribution < -0.4 is 4.74 Å². The van der Waals surface area contributed by atoms with Gasteiger partial charge in [0.2, 0.25) is 0 Å². The summed E-state index contributed by atoms with van der Waals surface area (Å²) in [6.07, 6.45) is 2.06. The molecule has 0 radical (unpaired) electrons. The maximum atomic E-state index is 5.40. The van der Waals surface area contributed by atoms with Crippen molar-refractivity contribution in [1.29, 1.82) is 0 Å². The van der Waals surface area contributed by atoms with Crippen molar-refractivity contribution < 1.29 is 4.74 Å². The van der Waals surface area contributed by atoms with Crippen LogP contribution in [0.4, 0.5) is 0 Å². The van der Waals surface area contributed by atoms with Crippen molar-refractivity contribution in [3.63, 3.8) is 0 Å². The molecule has 0 atom stereocenters. The van der Waals surface area contributed by atoms with E-state index >= 15 is 0 Å². The molecule has 0 unspecified atom stereocenters. The fourth-order valence-electron chi connectivity index (χ4n) is 2.24. The highest BCUT2D eigenvalue weighted by Crippen LogP contribution is 2.18. The van der Waals surface area contributed by atoms with E-state index in [0.29, 0.717) is 0 Å². The Bertz CT molecular complexity index is 773. The zero-order valence-electron chi connectivity index (χ0n) is 11.7. The quantitative estimate of drug-likeness (QED) is 0.729. The van der Waals surface area contributed by atoms with Crippen molar-refractivity contribution in [1.82, 2.24) is 9.55 Å². The Morgan fingerprint density at radius 3 is 2.43 bits per heavy atom. The van der Waals surface area contributed by atoms with Gasteiger partial charge in [-0.3, -0.25) is 0 Å². The molecule has 0 saturated heterocycles. The zero-order chi connectivity index (χ0) is 14.7. The molecule has 0 amide bonds. The summed E-state index contributed by atoms with van der Waals surface area (Å²) in [7, 11) is 1.67. The van der Waals surface area contributed by atoms with E-state index in [1.807, 2.05) is 34.9 Å². The van der Waals surface area contributed by atoms with Gasteiger partial charge in [0, 0.05) is 12.7 Å². The maximum absolute atomic E-state index is 5.40. The summed E-state index contributed by atoms with van der Waals surface area (Å²) in [5.41, 5.74) is 3.36. The third-order valence-electron chi connectivity index (χ3n) is 3.38. The highest BCUT2D eigenvalue weighted by atomic mass is 32.1. The number of aromatic nitrogens is 2. The van der Waals surface area contributed by atoms with Crippen LogP contribution in [0.15, 0.2) is 60.8 Å². The minimum atomic E-state index is 0.727. The predicted octanol–water partition coefficient (Wildman–Crippen LogP) is 4.27. The van der Waals surface area contributed by atoms with Gasteiger partial charge in [-0.15, -0.1) is 0 Å². The summed E-state index contributed by atoms with van der Waals surface area (Å²) in [6, 6.07) is 18.2. The molecule has 1 heterocycles. The van der Waals surface area contributed by atoms with Crippen LogP contribution in [0.5, 0.6) is 5.75 Å². The Hall–Kier alpha value is -2.33. The van der Waals surface area contributed by atoms with Crippen molar-refractivity contribution >= 4 is 12.2 Å². The van der Waals surface area contributed by atoms with Gasteiger partial charge in [0.05, 0.1) is 12.8 Å². The van der Waals surface area contributed by atoms with E-state index < -0.39 is 0 Å². The first-order valence-electron chi connectivity index (χ1n) is 6.74. The second kappa shape index (κ2) is 5.97. The minimum Gasteiger partial charge on any atom is -0.497 e. The molecule has 3 nitrogen and oxygen atoms in total. The average molecular weight is 296 g/mol. The third kappa shape index (κ3) is 3.06. The molecular weight excluding hydrogens is 280 g/mol. The number of aromatic amines is 1. The molecule has 0 spiro atoms. The van der Waals surface area contributed by atoms with Gasteiger partial charge in [0.25, 0.3) is 0 Å². The van der Waals surface area contributed by atoms with E-state index in [1.54, 1.807) is 7.11 Å². The molecular formula is C17H16N2OS. The van der Waals surface area contributed by atoms with Crippen LogP contribution in [0.1, 0.15) is 5.56 Å². The molecule has 1 aromatic heterocycles. The molecule has 0 aliphatic heterocycles. The zero-order valence-corrected chi connectivity index (χ0v) is 12.6. The van der Waals surface area contributed by atoms with E-state index in [9.17, 15) is 0 Å². The summed E-state index contributed by atoms with van der Waals surface area (Å²) in [5.74, 6) is 0.862. The SMILES string of the molecule is COc1ccc(Cn2cc(-c3ccccc3)[nH]c2=S)cc1. The molecule has 0 aliphatic carbocycles. The second-order valence-corrected chi connectivity index (χ2v) is 5.20. The molecule has 0 saturated carbocycles. The first-order chi connectivity index (χ1) is 10.3. The molecule has 3 rings (SSSR count). The number of rotatable bonds is 4. The number of imidazole rings is 1. The van der Waals surface area contributed by atoms with Crippen LogP contribution in [0.3, 0.4) is 0 Å². The smallest absolute Gasteiger partial charge is 0.177 e. The lowest BCUT2D eigenvalue weighted by atomic mass is 10.2. The van der Waals surface area contributed by atoms with Gasteiger partial charge in [-0.2, -0.15) is 0 Å². The number of nitrogens with zero attached hydrogens (tertiary/aromatic N) is 1. The lowest BCUT2D eigenvalue weighted by Gasteiger charge is -2.04. The van der Waals surface area contributed by atoms with Crippen LogP contribution in [0, 0.1) is 4.77 Å². The fraction of sp³-hybridized carbons (Fsp3) is 0.118. The van der Waals surface area contributed by atoms with Crippen LogP contribution in [-0.2, 0) is 6.54 Å². The Morgan fingerprint density at radius 1 is 1.05 bits per heavy atom. The van der Waals surface area contributed by atoms with Gasteiger partial charge in [0.15, 0.2) is 4.77 Å². The van der Waals surface area contributed by atoms with Gasteiger partial charge in [-0.25, -0.2) is 0 Å².